The molecule has 1 N–H and O–H groups in total. The van der Waals surface area contributed by atoms with Crippen LogP contribution in [0.25, 0.3) is 0 Å². The monoisotopic (exact) mass is 364 g/mol. The summed E-state index contributed by atoms with van der Waals surface area (Å²) >= 11 is 4.36. The van der Waals surface area contributed by atoms with Crippen molar-refractivity contribution in [1.29, 1.82) is 0 Å². The second-order valence-electron chi connectivity index (χ2n) is 4.29. The zero-order valence-corrected chi connectivity index (χ0v) is 12.9. The molecule has 0 saturated carbocycles. The van der Waals surface area contributed by atoms with Crippen LogP contribution in [0.2, 0.25) is 0 Å². The van der Waals surface area contributed by atoms with E-state index in [4.69, 9.17) is 0 Å². The van der Waals surface area contributed by atoms with Crippen molar-refractivity contribution in [2.75, 3.05) is 0 Å². The van der Waals surface area contributed by atoms with Gasteiger partial charge in [0.15, 0.2) is 0 Å². The first-order chi connectivity index (χ1) is 9.32. The van der Waals surface area contributed by atoms with E-state index in [0.717, 1.165) is 17.4 Å². The second-order valence-corrected chi connectivity index (χ2v) is 6.41. The quantitative estimate of drug-likeness (QED) is 0.795. The smallest absolute Gasteiger partial charge is 0.383 e. The summed E-state index contributed by atoms with van der Waals surface area (Å²) < 4.78 is 39.5. The molecule has 0 aliphatic heterocycles. The van der Waals surface area contributed by atoms with E-state index in [2.05, 4.69) is 15.9 Å². The van der Waals surface area contributed by atoms with Crippen LogP contribution in [0.4, 0.5) is 13.2 Å². The van der Waals surface area contributed by atoms with Gasteiger partial charge in [0.25, 0.3) is 0 Å². The summed E-state index contributed by atoms with van der Waals surface area (Å²) in [5.41, 5.74) is -0.934. The molecule has 1 aromatic carbocycles. The average molecular weight is 365 g/mol. The molecule has 1 atom stereocenters. The van der Waals surface area contributed by atoms with Gasteiger partial charge >= 0.3 is 6.18 Å². The van der Waals surface area contributed by atoms with Gasteiger partial charge in [-0.1, -0.05) is 28.9 Å². The van der Waals surface area contributed by atoms with Crippen molar-refractivity contribution in [3.63, 3.8) is 0 Å². The third-order valence-electron chi connectivity index (χ3n) is 2.92. The summed E-state index contributed by atoms with van der Waals surface area (Å²) in [5.74, 6) is 0. The molecule has 0 saturated heterocycles. The highest BCUT2D eigenvalue weighted by molar-refractivity contribution is 9.10. The van der Waals surface area contributed by atoms with E-state index in [1.165, 1.54) is 23.5 Å². The van der Waals surface area contributed by atoms with Crippen molar-refractivity contribution in [3.05, 3.63) is 55.7 Å². The molecule has 2 rings (SSSR count). The number of benzene rings is 1. The zero-order chi connectivity index (χ0) is 14.9. The largest absolute Gasteiger partial charge is 0.416 e. The lowest BCUT2D eigenvalue weighted by Crippen LogP contribution is -2.12. The molecule has 108 valence electrons. The van der Waals surface area contributed by atoms with Gasteiger partial charge < -0.3 is 5.11 Å². The fourth-order valence-electron chi connectivity index (χ4n) is 1.90. The van der Waals surface area contributed by atoms with Crippen LogP contribution >= 0.6 is 27.3 Å². The number of rotatable bonds is 3. The molecular weight excluding hydrogens is 353 g/mol. The maximum Gasteiger partial charge on any atom is 0.416 e. The van der Waals surface area contributed by atoms with E-state index in [1.807, 2.05) is 13.0 Å². The number of hydrogen-bond acceptors (Lipinski definition) is 2. The standard InChI is InChI=1S/C14H12BrF3OS/c1-2-9-4-6-12(20-9)13(19)10-5-3-8(15)7-11(10)14(16,17)18/h3-7,13,19H,2H2,1H3. The predicted octanol–water partition coefficient (Wildman–Crippen LogP) is 5.17. The number of halogens is 4. The third-order valence-corrected chi connectivity index (χ3v) is 4.69. The van der Waals surface area contributed by atoms with Gasteiger partial charge in [0, 0.05) is 14.2 Å². The van der Waals surface area contributed by atoms with E-state index >= 15 is 0 Å². The molecule has 2 aromatic rings. The molecule has 0 bridgehead atoms. The van der Waals surface area contributed by atoms with Gasteiger partial charge in [-0.25, -0.2) is 0 Å². The minimum atomic E-state index is -4.50. The number of aliphatic hydroxyl groups excluding tert-OH is 1. The van der Waals surface area contributed by atoms with E-state index in [-0.39, 0.29) is 5.56 Å². The van der Waals surface area contributed by atoms with Crippen LogP contribution in [0, 0.1) is 0 Å². The summed E-state index contributed by atoms with van der Waals surface area (Å²) in [7, 11) is 0. The fourth-order valence-corrected chi connectivity index (χ4v) is 3.22. The van der Waals surface area contributed by atoms with E-state index in [9.17, 15) is 18.3 Å². The molecule has 1 nitrogen and oxygen atoms in total. The molecule has 6 heteroatoms. The molecular formula is C14H12BrF3OS. The minimum Gasteiger partial charge on any atom is -0.383 e. The Morgan fingerprint density at radius 3 is 2.50 bits per heavy atom. The Morgan fingerprint density at radius 2 is 1.95 bits per heavy atom. The number of aliphatic hydroxyl groups is 1. The molecule has 0 fully saturated rings. The van der Waals surface area contributed by atoms with Gasteiger partial charge in [-0.2, -0.15) is 13.2 Å². The minimum absolute atomic E-state index is 0.120. The lowest BCUT2D eigenvalue weighted by Gasteiger charge is -2.17. The highest BCUT2D eigenvalue weighted by atomic mass is 79.9. The van der Waals surface area contributed by atoms with Crippen LogP contribution in [-0.2, 0) is 12.6 Å². The highest BCUT2D eigenvalue weighted by Crippen LogP contribution is 2.39. The van der Waals surface area contributed by atoms with Gasteiger partial charge in [0.2, 0.25) is 0 Å². The fraction of sp³-hybridized carbons (Fsp3) is 0.286. The molecule has 0 aliphatic rings. The molecule has 0 amide bonds. The lowest BCUT2D eigenvalue weighted by molar-refractivity contribution is -0.139. The average Bonchev–Trinajstić information content (AvgIpc) is 2.85. The van der Waals surface area contributed by atoms with Crippen LogP contribution in [0.1, 0.15) is 33.9 Å². The number of aryl methyl sites for hydroxylation is 1. The summed E-state index contributed by atoms with van der Waals surface area (Å²) in [6, 6.07) is 7.31. The molecule has 0 spiro atoms. The Bertz CT molecular complexity index is 607. The molecule has 1 aromatic heterocycles. The Labute approximate surface area is 127 Å². The summed E-state index contributed by atoms with van der Waals surface area (Å²) in [6.45, 7) is 1.96. The molecule has 0 radical (unpaired) electrons. The first kappa shape index (κ1) is 15.5. The van der Waals surface area contributed by atoms with Crippen molar-refractivity contribution in [2.45, 2.75) is 25.6 Å². The van der Waals surface area contributed by atoms with Crippen molar-refractivity contribution in [3.8, 4) is 0 Å². The van der Waals surface area contributed by atoms with E-state index < -0.39 is 17.8 Å². The van der Waals surface area contributed by atoms with Crippen LogP contribution in [0.5, 0.6) is 0 Å². The number of thiophene rings is 1. The van der Waals surface area contributed by atoms with E-state index in [0.29, 0.717) is 9.35 Å². The molecule has 0 aliphatic carbocycles. The van der Waals surface area contributed by atoms with Crippen molar-refractivity contribution >= 4 is 27.3 Å². The Morgan fingerprint density at radius 1 is 1.25 bits per heavy atom. The number of alkyl halides is 3. The summed E-state index contributed by atoms with van der Waals surface area (Å²) in [5, 5.41) is 10.2. The third kappa shape index (κ3) is 3.24. The van der Waals surface area contributed by atoms with Gasteiger partial charge in [-0.05, 0) is 36.2 Å². The van der Waals surface area contributed by atoms with Crippen LogP contribution in [-0.4, -0.2) is 5.11 Å². The van der Waals surface area contributed by atoms with Crippen molar-refractivity contribution < 1.29 is 18.3 Å². The normalized spacial score (nSPS) is 13.5. The maximum absolute atomic E-state index is 13.0. The lowest BCUT2D eigenvalue weighted by atomic mass is 10.0. The van der Waals surface area contributed by atoms with Crippen LogP contribution in [0.15, 0.2) is 34.8 Å². The maximum atomic E-state index is 13.0. The van der Waals surface area contributed by atoms with Gasteiger partial charge in [-0.15, -0.1) is 11.3 Å². The number of hydrogen-bond donors (Lipinski definition) is 1. The Kier molecular flexibility index (Phi) is 4.56. The first-order valence-electron chi connectivity index (χ1n) is 5.96. The van der Waals surface area contributed by atoms with Crippen molar-refractivity contribution in [2.24, 2.45) is 0 Å². The molecule has 1 unspecified atom stereocenters. The SMILES string of the molecule is CCc1ccc(C(O)c2ccc(Br)cc2C(F)(F)F)s1. The van der Waals surface area contributed by atoms with Crippen LogP contribution < -0.4 is 0 Å². The topological polar surface area (TPSA) is 20.2 Å². The Hall–Kier alpha value is -0.850. The van der Waals surface area contributed by atoms with Gasteiger partial charge in [0.1, 0.15) is 6.10 Å². The summed E-state index contributed by atoms with van der Waals surface area (Å²) in [6.07, 6.45) is -4.96. The second kappa shape index (κ2) is 5.87. The molecule has 1 heterocycles. The van der Waals surface area contributed by atoms with Gasteiger partial charge in [-0.3, -0.25) is 0 Å². The first-order valence-corrected chi connectivity index (χ1v) is 7.57. The van der Waals surface area contributed by atoms with Crippen molar-refractivity contribution in [1.82, 2.24) is 0 Å². The molecule has 20 heavy (non-hydrogen) atoms. The van der Waals surface area contributed by atoms with Gasteiger partial charge in [0.05, 0.1) is 5.56 Å². The Balaban J connectivity index is 2.46. The van der Waals surface area contributed by atoms with Crippen LogP contribution in [0.3, 0.4) is 0 Å². The zero-order valence-electron chi connectivity index (χ0n) is 10.5. The summed E-state index contributed by atoms with van der Waals surface area (Å²) in [4.78, 5) is 1.55. The van der Waals surface area contributed by atoms with E-state index in [1.54, 1.807) is 6.07 Å². The predicted molar refractivity (Wildman–Crippen MR) is 76.9 cm³/mol. The highest BCUT2D eigenvalue weighted by Gasteiger charge is 2.35.